The standard InChI is InChI=1S/C16H29NO9S/c1-6-12(8(17)7(2)24-15(6)23-4-5-27-3)25-16-11(20)9(18)10(19)13(26-16)14(21)22/h6-13,15-16,18-20H,4-5,17H2,1-3H3,(H,21,22)/t6?,7?,8-,9-,10+,11?,12+,13?,15-,16-/m0/s1. The van der Waals surface area contributed by atoms with Crippen LogP contribution >= 0.6 is 11.8 Å². The lowest BCUT2D eigenvalue weighted by atomic mass is 9.90. The van der Waals surface area contributed by atoms with Crippen molar-refractivity contribution >= 4 is 17.7 Å². The van der Waals surface area contributed by atoms with Gasteiger partial charge in [-0.05, 0) is 13.2 Å². The van der Waals surface area contributed by atoms with E-state index in [2.05, 4.69) is 0 Å². The number of ether oxygens (including phenoxy) is 4. The molecule has 0 aromatic carbocycles. The minimum absolute atomic E-state index is 0.346. The molecule has 4 unspecified atom stereocenters. The van der Waals surface area contributed by atoms with Crippen molar-refractivity contribution in [1.29, 1.82) is 0 Å². The number of rotatable bonds is 7. The average molecular weight is 411 g/mol. The Kier molecular flexibility index (Phi) is 8.28. The molecule has 0 radical (unpaired) electrons. The van der Waals surface area contributed by atoms with E-state index in [0.29, 0.717) is 6.61 Å². The first-order chi connectivity index (χ1) is 12.7. The van der Waals surface area contributed by atoms with E-state index in [0.717, 1.165) is 5.75 Å². The Morgan fingerprint density at radius 1 is 1.11 bits per heavy atom. The minimum Gasteiger partial charge on any atom is -0.479 e. The summed E-state index contributed by atoms with van der Waals surface area (Å²) in [7, 11) is 0. The normalized spacial score (nSPS) is 45.6. The molecule has 2 saturated heterocycles. The Balaban J connectivity index is 2.10. The van der Waals surface area contributed by atoms with Gasteiger partial charge in [0.15, 0.2) is 18.7 Å². The molecule has 2 fully saturated rings. The van der Waals surface area contributed by atoms with Crippen molar-refractivity contribution < 1.29 is 44.2 Å². The maximum Gasteiger partial charge on any atom is 0.335 e. The Hall–Kier alpha value is -0.500. The number of carboxylic acids is 1. The Morgan fingerprint density at radius 3 is 2.37 bits per heavy atom. The summed E-state index contributed by atoms with van der Waals surface area (Å²) in [6.45, 7) is 4.03. The molecule has 2 rings (SSSR count). The van der Waals surface area contributed by atoms with Gasteiger partial charge in [0, 0.05) is 11.7 Å². The molecule has 11 heteroatoms. The zero-order chi connectivity index (χ0) is 20.3. The lowest BCUT2D eigenvalue weighted by molar-refractivity contribution is -0.330. The topological polar surface area (TPSA) is 161 Å². The van der Waals surface area contributed by atoms with E-state index in [1.807, 2.05) is 6.26 Å². The smallest absolute Gasteiger partial charge is 0.335 e. The van der Waals surface area contributed by atoms with Crippen LogP contribution in [0.25, 0.3) is 0 Å². The summed E-state index contributed by atoms with van der Waals surface area (Å²) in [6.07, 6.45) is -8.10. The number of aliphatic hydroxyl groups excluding tert-OH is 3. The van der Waals surface area contributed by atoms with Crippen LogP contribution < -0.4 is 5.73 Å². The van der Waals surface area contributed by atoms with Crippen molar-refractivity contribution in [3.8, 4) is 0 Å². The molecule has 10 nitrogen and oxygen atoms in total. The highest BCUT2D eigenvalue weighted by molar-refractivity contribution is 7.98. The van der Waals surface area contributed by atoms with Crippen LogP contribution in [0.2, 0.25) is 0 Å². The number of carboxylic acid groups (broad SMARTS) is 1. The van der Waals surface area contributed by atoms with Gasteiger partial charge in [-0.1, -0.05) is 6.92 Å². The van der Waals surface area contributed by atoms with E-state index in [4.69, 9.17) is 29.8 Å². The number of nitrogens with two attached hydrogens (primary N) is 1. The SMILES string of the molecule is CSCCO[C@H]1OC(C)[C@H](N)[C@H](O[C@H]2OC(C(=O)O)[C@H](O)[C@H](O)C2O)C1C. The zero-order valence-electron chi connectivity index (χ0n) is 15.5. The van der Waals surface area contributed by atoms with Crippen LogP contribution in [0.1, 0.15) is 13.8 Å². The van der Waals surface area contributed by atoms with Crippen LogP contribution in [0.3, 0.4) is 0 Å². The predicted octanol–water partition coefficient (Wildman–Crippen LogP) is -1.65. The number of hydrogen-bond acceptors (Lipinski definition) is 10. The van der Waals surface area contributed by atoms with Gasteiger partial charge in [-0.25, -0.2) is 4.79 Å². The van der Waals surface area contributed by atoms with E-state index in [9.17, 15) is 20.1 Å². The van der Waals surface area contributed by atoms with Gasteiger partial charge >= 0.3 is 5.97 Å². The lowest BCUT2D eigenvalue weighted by Gasteiger charge is -2.46. The number of hydrogen-bond donors (Lipinski definition) is 5. The second-order valence-electron chi connectivity index (χ2n) is 6.85. The molecule has 6 N–H and O–H groups in total. The van der Waals surface area contributed by atoms with Crippen LogP contribution in [0.4, 0.5) is 0 Å². The zero-order valence-corrected chi connectivity index (χ0v) is 16.3. The van der Waals surface area contributed by atoms with Crippen LogP contribution in [-0.4, -0.2) is 100 Å². The van der Waals surface area contributed by atoms with Crippen molar-refractivity contribution in [1.82, 2.24) is 0 Å². The Bertz CT molecular complexity index is 499. The number of thioether (sulfide) groups is 1. The highest BCUT2D eigenvalue weighted by Gasteiger charge is 2.50. The van der Waals surface area contributed by atoms with E-state index in [1.54, 1.807) is 25.6 Å². The van der Waals surface area contributed by atoms with Gasteiger partial charge in [0.05, 0.1) is 24.9 Å². The van der Waals surface area contributed by atoms with Gasteiger partial charge in [0.25, 0.3) is 0 Å². The minimum atomic E-state index is -1.78. The molecule has 0 amide bonds. The third-order valence-electron chi connectivity index (χ3n) is 4.89. The van der Waals surface area contributed by atoms with Gasteiger partial charge in [0.1, 0.15) is 18.3 Å². The number of carbonyl (C=O) groups is 1. The maximum absolute atomic E-state index is 11.2. The molecule has 27 heavy (non-hydrogen) atoms. The average Bonchev–Trinajstić information content (AvgIpc) is 2.62. The van der Waals surface area contributed by atoms with Crippen molar-refractivity contribution in [2.45, 2.75) is 69.1 Å². The molecule has 2 aliphatic rings. The summed E-state index contributed by atoms with van der Waals surface area (Å²) in [6, 6.07) is -0.594. The first kappa shape index (κ1) is 22.8. The fraction of sp³-hybridized carbons (Fsp3) is 0.938. The monoisotopic (exact) mass is 411 g/mol. The molecule has 0 aliphatic carbocycles. The Labute approximate surface area is 161 Å². The third-order valence-corrected chi connectivity index (χ3v) is 5.47. The van der Waals surface area contributed by atoms with Crippen LogP contribution in [0, 0.1) is 5.92 Å². The number of aliphatic carboxylic acids is 1. The summed E-state index contributed by atoms with van der Waals surface area (Å²) < 4.78 is 22.5. The fourth-order valence-corrected chi connectivity index (χ4v) is 3.43. The third kappa shape index (κ3) is 5.11. The van der Waals surface area contributed by atoms with Gasteiger partial charge < -0.3 is 45.1 Å². The summed E-state index contributed by atoms with van der Waals surface area (Å²) in [5, 5.41) is 39.0. The molecule has 0 bridgehead atoms. The van der Waals surface area contributed by atoms with Crippen molar-refractivity contribution in [3.05, 3.63) is 0 Å². The first-order valence-electron chi connectivity index (χ1n) is 8.78. The first-order valence-corrected chi connectivity index (χ1v) is 10.2. The van der Waals surface area contributed by atoms with Crippen LogP contribution in [-0.2, 0) is 23.7 Å². The van der Waals surface area contributed by atoms with E-state index in [1.165, 1.54) is 0 Å². The van der Waals surface area contributed by atoms with E-state index in [-0.39, 0.29) is 5.92 Å². The second-order valence-corrected chi connectivity index (χ2v) is 7.83. The predicted molar refractivity (Wildman–Crippen MR) is 95.0 cm³/mol. The highest BCUT2D eigenvalue weighted by Crippen LogP contribution is 2.31. The molecule has 0 aromatic heterocycles. The molecule has 0 saturated carbocycles. The summed E-state index contributed by atoms with van der Waals surface area (Å²) in [4.78, 5) is 11.2. The molecule has 158 valence electrons. The van der Waals surface area contributed by atoms with Gasteiger partial charge in [-0.2, -0.15) is 11.8 Å². The molecular weight excluding hydrogens is 382 g/mol. The van der Waals surface area contributed by atoms with Crippen molar-refractivity contribution in [2.24, 2.45) is 11.7 Å². The van der Waals surface area contributed by atoms with Crippen molar-refractivity contribution in [3.63, 3.8) is 0 Å². The quantitative estimate of drug-likeness (QED) is 0.305. The Morgan fingerprint density at radius 2 is 1.78 bits per heavy atom. The summed E-state index contributed by atoms with van der Waals surface area (Å²) >= 11 is 1.63. The summed E-state index contributed by atoms with van der Waals surface area (Å²) in [5.41, 5.74) is 6.17. The molecule has 10 atom stereocenters. The largest absolute Gasteiger partial charge is 0.479 e. The van der Waals surface area contributed by atoms with Crippen molar-refractivity contribution in [2.75, 3.05) is 18.6 Å². The molecule has 2 heterocycles. The van der Waals surface area contributed by atoms with E-state index < -0.39 is 61.2 Å². The molecule has 0 aromatic rings. The second kappa shape index (κ2) is 9.81. The van der Waals surface area contributed by atoms with Gasteiger partial charge in [-0.3, -0.25) is 0 Å². The van der Waals surface area contributed by atoms with Gasteiger partial charge in [-0.15, -0.1) is 0 Å². The maximum atomic E-state index is 11.2. The van der Waals surface area contributed by atoms with Crippen LogP contribution in [0.15, 0.2) is 0 Å². The van der Waals surface area contributed by atoms with Gasteiger partial charge in [0.2, 0.25) is 0 Å². The fourth-order valence-electron chi connectivity index (χ4n) is 3.17. The summed E-state index contributed by atoms with van der Waals surface area (Å²) in [5.74, 6) is -1.04. The lowest BCUT2D eigenvalue weighted by Crippen LogP contribution is -2.64. The van der Waals surface area contributed by atoms with Crippen LogP contribution in [0.5, 0.6) is 0 Å². The molecule has 2 aliphatic heterocycles. The number of aliphatic hydroxyl groups is 3. The molecule has 0 spiro atoms. The van der Waals surface area contributed by atoms with E-state index >= 15 is 0 Å². The molecular formula is C16H29NO9S. The highest BCUT2D eigenvalue weighted by atomic mass is 32.2.